The molecule has 0 aliphatic carbocycles. The topological polar surface area (TPSA) is 56.8 Å². The summed E-state index contributed by atoms with van der Waals surface area (Å²) in [6, 6.07) is 10.3. The number of nitrogens with one attached hydrogen (secondary N) is 1. The molecule has 0 saturated heterocycles. The van der Waals surface area contributed by atoms with Gasteiger partial charge >= 0.3 is 6.09 Å². The zero-order chi connectivity index (χ0) is 16.1. The molecule has 0 aliphatic heterocycles. The smallest absolute Gasteiger partial charge is 0.417 e. The predicted molar refractivity (Wildman–Crippen MR) is 91.0 cm³/mol. The summed E-state index contributed by atoms with van der Waals surface area (Å²) in [4.78, 5) is 12.0. The lowest BCUT2D eigenvalue weighted by atomic mass is 10.2. The van der Waals surface area contributed by atoms with E-state index in [9.17, 15) is 4.79 Å². The molecule has 116 valence electrons. The van der Waals surface area contributed by atoms with Crippen molar-refractivity contribution in [2.75, 3.05) is 19.5 Å². The minimum Gasteiger partial charge on any atom is -0.497 e. The van der Waals surface area contributed by atoms with Gasteiger partial charge in [0.15, 0.2) is 0 Å². The first-order valence-electron chi connectivity index (χ1n) is 6.19. The van der Waals surface area contributed by atoms with Crippen LogP contribution in [-0.2, 0) is 0 Å². The highest BCUT2D eigenvalue weighted by Crippen LogP contribution is 2.31. The van der Waals surface area contributed by atoms with E-state index >= 15 is 0 Å². The van der Waals surface area contributed by atoms with Crippen molar-refractivity contribution in [3.8, 4) is 17.2 Å². The average molecular weight is 431 g/mol. The molecule has 2 aromatic carbocycles. The Kier molecular flexibility index (Phi) is 5.68. The molecule has 2 rings (SSSR count). The van der Waals surface area contributed by atoms with Crippen molar-refractivity contribution in [3.05, 3.63) is 45.3 Å². The molecule has 1 N–H and O–H groups in total. The van der Waals surface area contributed by atoms with E-state index in [1.807, 2.05) is 0 Å². The minimum absolute atomic E-state index is 0.410. The summed E-state index contributed by atoms with van der Waals surface area (Å²) < 4.78 is 17.1. The fourth-order valence-corrected chi connectivity index (χ4v) is 2.82. The minimum atomic E-state index is -0.619. The van der Waals surface area contributed by atoms with Crippen molar-refractivity contribution < 1.29 is 19.0 Å². The van der Waals surface area contributed by atoms with E-state index in [1.165, 1.54) is 7.11 Å². The molecule has 0 heterocycles. The van der Waals surface area contributed by atoms with Crippen LogP contribution in [0, 0.1) is 0 Å². The number of amides is 1. The molecular formula is C15H13Br2NO4. The van der Waals surface area contributed by atoms with Gasteiger partial charge in [-0.15, -0.1) is 0 Å². The molecule has 0 radical (unpaired) electrons. The third-order valence-electron chi connectivity index (χ3n) is 2.74. The Labute approximate surface area is 144 Å². The summed E-state index contributed by atoms with van der Waals surface area (Å²) >= 11 is 6.67. The maximum atomic E-state index is 12.0. The van der Waals surface area contributed by atoms with Crippen LogP contribution in [0.5, 0.6) is 17.2 Å². The van der Waals surface area contributed by atoms with E-state index in [-0.39, 0.29) is 0 Å². The molecule has 0 aromatic heterocycles. The number of ether oxygens (including phenoxy) is 3. The second kappa shape index (κ2) is 7.51. The first kappa shape index (κ1) is 16.6. The van der Waals surface area contributed by atoms with Crippen molar-refractivity contribution in [1.82, 2.24) is 0 Å². The summed E-state index contributed by atoms with van der Waals surface area (Å²) in [5, 5.41) is 2.63. The van der Waals surface area contributed by atoms with Gasteiger partial charge in [0.05, 0.1) is 24.4 Å². The molecule has 0 unspecified atom stereocenters. The third-order valence-corrected chi connectivity index (χ3v) is 3.85. The standard InChI is InChI=1S/C15H13Br2NO4/c1-20-10-4-5-12(14(8-10)21-2)18-15(19)22-13-6-3-9(16)7-11(13)17/h3-8H,1-2H3,(H,18,19). The SMILES string of the molecule is COc1ccc(NC(=O)Oc2ccc(Br)cc2Br)c(OC)c1. The highest BCUT2D eigenvalue weighted by Gasteiger charge is 2.12. The molecule has 0 atom stereocenters. The summed E-state index contributed by atoms with van der Waals surface area (Å²) in [6.07, 6.45) is -0.619. The van der Waals surface area contributed by atoms with Crippen LogP contribution in [0.3, 0.4) is 0 Å². The summed E-state index contributed by atoms with van der Waals surface area (Å²) in [5.74, 6) is 1.52. The third kappa shape index (κ3) is 4.14. The highest BCUT2D eigenvalue weighted by molar-refractivity contribution is 9.11. The van der Waals surface area contributed by atoms with Gasteiger partial charge in [-0.1, -0.05) is 15.9 Å². The van der Waals surface area contributed by atoms with E-state index in [0.717, 1.165) is 4.47 Å². The summed E-state index contributed by atoms with van der Waals surface area (Å²) in [7, 11) is 3.07. The fourth-order valence-electron chi connectivity index (χ4n) is 1.70. The number of rotatable bonds is 4. The molecule has 1 amide bonds. The number of anilines is 1. The van der Waals surface area contributed by atoms with Gasteiger partial charge in [-0.2, -0.15) is 0 Å². The van der Waals surface area contributed by atoms with E-state index in [4.69, 9.17) is 14.2 Å². The summed E-state index contributed by atoms with van der Waals surface area (Å²) in [6.45, 7) is 0. The molecular weight excluding hydrogens is 418 g/mol. The van der Waals surface area contributed by atoms with Gasteiger partial charge in [0.25, 0.3) is 0 Å². The Bertz CT molecular complexity index is 691. The van der Waals surface area contributed by atoms with E-state index in [1.54, 1.807) is 43.5 Å². The van der Waals surface area contributed by atoms with Gasteiger partial charge in [0, 0.05) is 10.5 Å². The van der Waals surface area contributed by atoms with Crippen LogP contribution < -0.4 is 19.5 Å². The predicted octanol–water partition coefficient (Wildman–Crippen LogP) is 4.84. The maximum Gasteiger partial charge on any atom is 0.417 e. The lowest BCUT2D eigenvalue weighted by Crippen LogP contribution is -2.17. The van der Waals surface area contributed by atoms with E-state index in [2.05, 4.69) is 37.2 Å². The average Bonchev–Trinajstić information content (AvgIpc) is 2.50. The Morgan fingerprint density at radius 3 is 2.41 bits per heavy atom. The number of benzene rings is 2. The molecule has 0 aliphatic rings. The lowest BCUT2D eigenvalue weighted by Gasteiger charge is -2.12. The second-order valence-corrected chi connectivity index (χ2v) is 5.93. The Morgan fingerprint density at radius 2 is 1.77 bits per heavy atom. The van der Waals surface area contributed by atoms with Crippen molar-refractivity contribution in [2.45, 2.75) is 0 Å². The molecule has 0 bridgehead atoms. The quantitative estimate of drug-likeness (QED) is 0.753. The molecule has 22 heavy (non-hydrogen) atoms. The van der Waals surface area contributed by atoms with Crippen LogP contribution in [0.1, 0.15) is 0 Å². The number of hydrogen-bond donors (Lipinski definition) is 1. The number of halogens is 2. The molecule has 7 heteroatoms. The monoisotopic (exact) mass is 429 g/mol. The number of hydrogen-bond acceptors (Lipinski definition) is 4. The molecule has 5 nitrogen and oxygen atoms in total. The maximum absolute atomic E-state index is 12.0. The van der Waals surface area contributed by atoms with Gasteiger partial charge in [-0.25, -0.2) is 4.79 Å². The van der Waals surface area contributed by atoms with Gasteiger partial charge < -0.3 is 14.2 Å². The first-order chi connectivity index (χ1) is 10.5. The van der Waals surface area contributed by atoms with Crippen LogP contribution in [0.2, 0.25) is 0 Å². The van der Waals surface area contributed by atoms with E-state index < -0.39 is 6.09 Å². The van der Waals surface area contributed by atoms with Crippen molar-refractivity contribution in [1.29, 1.82) is 0 Å². The van der Waals surface area contributed by atoms with Gasteiger partial charge in [-0.05, 0) is 46.3 Å². The highest BCUT2D eigenvalue weighted by atomic mass is 79.9. The molecule has 0 fully saturated rings. The second-order valence-electron chi connectivity index (χ2n) is 4.16. The number of carbonyl (C=O) groups excluding carboxylic acids is 1. The van der Waals surface area contributed by atoms with Gasteiger partial charge in [0.2, 0.25) is 0 Å². The van der Waals surface area contributed by atoms with Crippen LogP contribution in [-0.4, -0.2) is 20.3 Å². The van der Waals surface area contributed by atoms with Crippen LogP contribution in [0.25, 0.3) is 0 Å². The Hall–Kier alpha value is -1.73. The zero-order valence-corrected chi connectivity index (χ0v) is 15.0. The number of methoxy groups -OCH3 is 2. The van der Waals surface area contributed by atoms with Gasteiger partial charge in [-0.3, -0.25) is 5.32 Å². The largest absolute Gasteiger partial charge is 0.497 e. The molecule has 2 aromatic rings. The lowest BCUT2D eigenvalue weighted by molar-refractivity contribution is 0.214. The normalized spacial score (nSPS) is 10.0. The van der Waals surface area contributed by atoms with Crippen LogP contribution >= 0.6 is 31.9 Å². The molecule has 0 spiro atoms. The van der Waals surface area contributed by atoms with E-state index in [0.29, 0.717) is 27.4 Å². The summed E-state index contributed by atoms with van der Waals surface area (Å²) in [5.41, 5.74) is 0.488. The van der Waals surface area contributed by atoms with Gasteiger partial charge in [0.1, 0.15) is 17.2 Å². The number of carbonyl (C=O) groups is 1. The fraction of sp³-hybridized carbons (Fsp3) is 0.133. The first-order valence-corrected chi connectivity index (χ1v) is 7.78. The Morgan fingerprint density at radius 1 is 1.00 bits per heavy atom. The Balaban J connectivity index is 2.12. The zero-order valence-electron chi connectivity index (χ0n) is 11.9. The van der Waals surface area contributed by atoms with Crippen molar-refractivity contribution >= 4 is 43.6 Å². The van der Waals surface area contributed by atoms with Crippen molar-refractivity contribution in [3.63, 3.8) is 0 Å². The van der Waals surface area contributed by atoms with Crippen molar-refractivity contribution in [2.24, 2.45) is 0 Å². The van der Waals surface area contributed by atoms with Crippen LogP contribution in [0.4, 0.5) is 10.5 Å². The molecule has 0 saturated carbocycles. The van der Waals surface area contributed by atoms with Crippen LogP contribution in [0.15, 0.2) is 45.3 Å².